The summed E-state index contributed by atoms with van der Waals surface area (Å²) < 4.78 is 11.0. The van der Waals surface area contributed by atoms with E-state index in [0.717, 1.165) is 45.9 Å². The Morgan fingerprint density at radius 3 is 2.82 bits per heavy atom. The Labute approximate surface area is 168 Å². The van der Waals surface area contributed by atoms with E-state index in [-0.39, 0.29) is 12.0 Å². The second-order valence-electron chi connectivity index (χ2n) is 7.00. The maximum Gasteiger partial charge on any atom is 0.269 e. The van der Waals surface area contributed by atoms with Crippen molar-refractivity contribution in [3.8, 4) is 5.75 Å². The van der Waals surface area contributed by atoms with Gasteiger partial charge in [-0.3, -0.25) is 4.79 Å². The van der Waals surface area contributed by atoms with E-state index in [1.807, 2.05) is 18.2 Å². The first-order valence-electron chi connectivity index (χ1n) is 9.48. The van der Waals surface area contributed by atoms with Crippen LogP contribution < -0.4 is 10.1 Å². The van der Waals surface area contributed by atoms with Gasteiger partial charge in [-0.15, -0.1) is 0 Å². The van der Waals surface area contributed by atoms with Crippen molar-refractivity contribution in [2.24, 2.45) is 0 Å². The average Bonchev–Trinajstić information content (AvgIpc) is 3.35. The van der Waals surface area contributed by atoms with Gasteiger partial charge in [-0.05, 0) is 44.0 Å². The van der Waals surface area contributed by atoms with E-state index in [9.17, 15) is 4.79 Å². The molecule has 1 saturated heterocycles. The molecule has 0 spiro atoms. The Bertz CT molecular complexity index is 975. The molecule has 4 rings (SSSR count). The Morgan fingerprint density at radius 1 is 1.29 bits per heavy atom. The van der Waals surface area contributed by atoms with Crippen LogP contribution in [0.25, 0.3) is 10.9 Å². The molecule has 0 bridgehead atoms. The summed E-state index contributed by atoms with van der Waals surface area (Å²) in [5.41, 5.74) is 2.67. The summed E-state index contributed by atoms with van der Waals surface area (Å²) in [6.07, 6.45) is 2.16. The average molecular weight is 397 g/mol. The van der Waals surface area contributed by atoms with Crippen LogP contribution in [-0.2, 0) is 4.74 Å². The van der Waals surface area contributed by atoms with Crippen LogP contribution in [0.3, 0.4) is 0 Å². The highest BCUT2D eigenvalue weighted by molar-refractivity contribution is 7.99. The van der Waals surface area contributed by atoms with Crippen LogP contribution in [-0.4, -0.2) is 37.3 Å². The highest BCUT2D eigenvalue weighted by Gasteiger charge is 2.22. The van der Waals surface area contributed by atoms with Crippen molar-refractivity contribution in [2.75, 3.05) is 20.3 Å². The minimum atomic E-state index is -0.111. The summed E-state index contributed by atoms with van der Waals surface area (Å²) in [5.74, 6) is 0.646. The van der Waals surface area contributed by atoms with Crippen LogP contribution in [0, 0.1) is 6.92 Å². The minimum absolute atomic E-state index is 0.111. The fourth-order valence-corrected chi connectivity index (χ4v) is 4.41. The number of benzene rings is 2. The predicted octanol–water partition coefficient (Wildman–Crippen LogP) is 4.54. The van der Waals surface area contributed by atoms with E-state index in [4.69, 9.17) is 9.47 Å². The molecule has 28 heavy (non-hydrogen) atoms. The molecule has 1 atom stereocenters. The molecule has 1 unspecified atom stereocenters. The van der Waals surface area contributed by atoms with Crippen molar-refractivity contribution in [2.45, 2.75) is 35.7 Å². The number of H-pyrrole nitrogens is 1. The molecule has 0 radical (unpaired) electrons. The number of aromatic nitrogens is 1. The standard InChI is InChI=1S/C22H24N2O3S/c1-14-5-8-17(9-6-14)28-21-18-10-7-15(26-2)12-19(18)24-20(21)22(25)23-13-16-4-3-11-27-16/h5-10,12,16,24H,3-4,11,13H2,1-2H3,(H,23,25). The van der Waals surface area contributed by atoms with Crippen molar-refractivity contribution in [3.63, 3.8) is 0 Å². The quantitative estimate of drug-likeness (QED) is 0.642. The lowest BCUT2D eigenvalue weighted by atomic mass is 10.2. The Morgan fingerprint density at radius 2 is 2.11 bits per heavy atom. The number of fused-ring (bicyclic) bond motifs is 1. The lowest BCUT2D eigenvalue weighted by Gasteiger charge is -2.11. The normalized spacial score (nSPS) is 16.4. The van der Waals surface area contributed by atoms with Gasteiger partial charge < -0.3 is 19.8 Å². The zero-order valence-corrected chi connectivity index (χ0v) is 16.9. The number of methoxy groups -OCH3 is 1. The van der Waals surface area contributed by atoms with Crippen molar-refractivity contribution < 1.29 is 14.3 Å². The van der Waals surface area contributed by atoms with Crippen molar-refractivity contribution >= 4 is 28.6 Å². The fraction of sp³-hybridized carbons (Fsp3) is 0.318. The van der Waals surface area contributed by atoms with E-state index in [0.29, 0.717) is 12.2 Å². The fourth-order valence-electron chi connectivity index (χ4n) is 3.37. The molecule has 1 amide bonds. The molecule has 2 N–H and O–H groups in total. The number of rotatable bonds is 6. The molecule has 0 saturated carbocycles. The van der Waals surface area contributed by atoms with Gasteiger partial charge >= 0.3 is 0 Å². The third kappa shape index (κ3) is 4.03. The van der Waals surface area contributed by atoms with Crippen LogP contribution >= 0.6 is 11.8 Å². The highest BCUT2D eigenvalue weighted by Crippen LogP contribution is 2.38. The second kappa shape index (κ2) is 8.29. The first-order chi connectivity index (χ1) is 13.6. The number of hydrogen-bond donors (Lipinski definition) is 2. The summed E-state index contributed by atoms with van der Waals surface area (Å²) in [6.45, 7) is 3.38. The number of ether oxygens (including phenoxy) is 2. The third-order valence-electron chi connectivity index (χ3n) is 4.94. The van der Waals surface area contributed by atoms with Gasteiger partial charge in [-0.2, -0.15) is 0 Å². The molecule has 6 heteroatoms. The summed E-state index contributed by atoms with van der Waals surface area (Å²) in [4.78, 5) is 18.3. The van der Waals surface area contributed by atoms with Gasteiger partial charge in [0, 0.05) is 29.5 Å². The van der Waals surface area contributed by atoms with E-state index < -0.39 is 0 Å². The maximum atomic E-state index is 12.9. The maximum absolute atomic E-state index is 12.9. The zero-order chi connectivity index (χ0) is 19.5. The topological polar surface area (TPSA) is 63.4 Å². The molecule has 3 aromatic rings. The van der Waals surface area contributed by atoms with E-state index >= 15 is 0 Å². The summed E-state index contributed by atoms with van der Waals surface area (Å²) in [5, 5.41) is 4.03. The summed E-state index contributed by atoms with van der Waals surface area (Å²) in [7, 11) is 1.64. The molecule has 2 heterocycles. The Hall–Kier alpha value is -2.44. The summed E-state index contributed by atoms with van der Waals surface area (Å²) >= 11 is 1.59. The van der Waals surface area contributed by atoms with Gasteiger partial charge in [-0.1, -0.05) is 29.5 Å². The molecule has 5 nitrogen and oxygen atoms in total. The molecule has 1 aliphatic heterocycles. The van der Waals surface area contributed by atoms with E-state index in [1.54, 1.807) is 18.9 Å². The van der Waals surface area contributed by atoms with Gasteiger partial charge in [0.1, 0.15) is 11.4 Å². The predicted molar refractivity (Wildman–Crippen MR) is 111 cm³/mol. The molecule has 1 aliphatic rings. The molecular weight excluding hydrogens is 372 g/mol. The first-order valence-corrected chi connectivity index (χ1v) is 10.3. The van der Waals surface area contributed by atoms with Crippen LogP contribution in [0.5, 0.6) is 5.75 Å². The van der Waals surface area contributed by atoms with Crippen molar-refractivity contribution in [1.82, 2.24) is 10.3 Å². The minimum Gasteiger partial charge on any atom is -0.497 e. The van der Waals surface area contributed by atoms with Gasteiger partial charge in [0.2, 0.25) is 0 Å². The first kappa shape index (κ1) is 18.9. The van der Waals surface area contributed by atoms with E-state index in [1.165, 1.54) is 5.56 Å². The number of carbonyl (C=O) groups is 1. The number of carbonyl (C=O) groups excluding carboxylic acids is 1. The largest absolute Gasteiger partial charge is 0.497 e. The molecule has 1 aromatic heterocycles. The van der Waals surface area contributed by atoms with Crippen LogP contribution in [0.1, 0.15) is 28.9 Å². The smallest absolute Gasteiger partial charge is 0.269 e. The van der Waals surface area contributed by atoms with E-state index in [2.05, 4.69) is 41.5 Å². The SMILES string of the molecule is COc1ccc2c(Sc3ccc(C)cc3)c(C(=O)NCC3CCCO3)[nH]c2c1. The molecule has 2 aromatic carbocycles. The van der Waals surface area contributed by atoms with Crippen molar-refractivity contribution in [1.29, 1.82) is 0 Å². The number of aromatic amines is 1. The van der Waals surface area contributed by atoms with Gasteiger partial charge in [-0.25, -0.2) is 0 Å². The van der Waals surface area contributed by atoms with Gasteiger partial charge in [0.25, 0.3) is 5.91 Å². The number of aryl methyl sites for hydroxylation is 1. The van der Waals surface area contributed by atoms with Crippen LogP contribution in [0.4, 0.5) is 0 Å². The third-order valence-corrected chi connectivity index (χ3v) is 6.08. The summed E-state index contributed by atoms with van der Waals surface area (Å²) in [6, 6.07) is 14.2. The number of nitrogens with one attached hydrogen (secondary N) is 2. The second-order valence-corrected chi connectivity index (χ2v) is 8.08. The highest BCUT2D eigenvalue weighted by atomic mass is 32.2. The Kier molecular flexibility index (Phi) is 5.59. The lowest BCUT2D eigenvalue weighted by molar-refractivity contribution is 0.0852. The van der Waals surface area contributed by atoms with Crippen molar-refractivity contribution in [3.05, 3.63) is 53.7 Å². The van der Waals surface area contributed by atoms with Crippen LogP contribution in [0.15, 0.2) is 52.3 Å². The number of amides is 1. The molecule has 146 valence electrons. The van der Waals surface area contributed by atoms with Gasteiger partial charge in [0.15, 0.2) is 0 Å². The number of hydrogen-bond acceptors (Lipinski definition) is 4. The lowest BCUT2D eigenvalue weighted by Crippen LogP contribution is -2.32. The van der Waals surface area contributed by atoms with Gasteiger partial charge in [0.05, 0.1) is 23.6 Å². The molecule has 1 fully saturated rings. The zero-order valence-electron chi connectivity index (χ0n) is 16.1. The van der Waals surface area contributed by atoms with Crippen LogP contribution in [0.2, 0.25) is 0 Å². The molecule has 0 aliphatic carbocycles. The Balaban J connectivity index is 1.66. The molecular formula is C22H24N2O3S. The monoisotopic (exact) mass is 396 g/mol.